The highest BCUT2D eigenvalue weighted by Gasteiger charge is 2.51. The number of carbonyl (C=O) groups is 1. The molecule has 0 aromatic carbocycles. The SMILES string of the molecule is CC/C=C\C/C=C\C/C=C\C/C=C\C/C=C\C/C=C\C/C=C\C/C=C\C/C=C\CCCCCCCCCCCC(=O)NC(COC1OC(CO)C(OC2OC(CO)C(O)C(O)C2O)C(O)C1O)C(O)/C=C/CC/C=C/CCCCCC. The van der Waals surface area contributed by atoms with Gasteiger partial charge in [0.2, 0.25) is 5.91 Å². The lowest BCUT2D eigenvalue weighted by Crippen LogP contribution is -2.65. The summed E-state index contributed by atoms with van der Waals surface area (Å²) in [7, 11) is 0. The Morgan fingerprint density at radius 1 is 0.457 bits per heavy atom. The molecule has 2 saturated heterocycles. The van der Waals surface area contributed by atoms with E-state index in [1.165, 1.54) is 44.9 Å². The Labute approximate surface area is 488 Å². The number of hydrogen-bond acceptors (Lipinski definition) is 13. The van der Waals surface area contributed by atoms with E-state index >= 15 is 0 Å². The highest BCUT2D eigenvalue weighted by Crippen LogP contribution is 2.30. The van der Waals surface area contributed by atoms with Gasteiger partial charge < -0.3 is 65.1 Å². The maximum absolute atomic E-state index is 13.2. The zero-order valence-corrected chi connectivity index (χ0v) is 49.5. The molecule has 2 aliphatic rings. The van der Waals surface area contributed by atoms with Crippen LogP contribution in [0.5, 0.6) is 0 Å². The first-order chi connectivity index (χ1) is 39.6. The quantitative estimate of drug-likeness (QED) is 0.0204. The molecule has 0 bridgehead atoms. The van der Waals surface area contributed by atoms with Gasteiger partial charge in [-0.15, -0.1) is 0 Å². The second kappa shape index (κ2) is 50.6. The Morgan fingerprint density at radius 3 is 1.36 bits per heavy atom. The van der Waals surface area contributed by atoms with E-state index in [9.17, 15) is 45.6 Å². The molecule has 0 aromatic heterocycles. The second-order valence-corrected chi connectivity index (χ2v) is 21.1. The molecule has 81 heavy (non-hydrogen) atoms. The maximum atomic E-state index is 13.2. The number of amides is 1. The van der Waals surface area contributed by atoms with E-state index in [2.05, 4.69) is 141 Å². The minimum absolute atomic E-state index is 0.257. The highest BCUT2D eigenvalue weighted by atomic mass is 16.7. The summed E-state index contributed by atoms with van der Waals surface area (Å²) in [5.41, 5.74) is 0. The maximum Gasteiger partial charge on any atom is 0.220 e. The van der Waals surface area contributed by atoms with Crippen LogP contribution in [0.1, 0.15) is 187 Å². The molecule has 0 aliphatic carbocycles. The predicted molar refractivity (Wildman–Crippen MR) is 327 cm³/mol. The van der Waals surface area contributed by atoms with Gasteiger partial charge in [-0.2, -0.15) is 0 Å². The van der Waals surface area contributed by atoms with Crippen molar-refractivity contribution in [3.63, 3.8) is 0 Å². The van der Waals surface area contributed by atoms with Gasteiger partial charge in [-0.05, 0) is 103 Å². The summed E-state index contributed by atoms with van der Waals surface area (Å²) >= 11 is 0. The van der Waals surface area contributed by atoms with Crippen LogP contribution in [0.2, 0.25) is 0 Å². The van der Waals surface area contributed by atoms with Gasteiger partial charge in [0.05, 0.1) is 32.0 Å². The van der Waals surface area contributed by atoms with Gasteiger partial charge in [0, 0.05) is 6.42 Å². The number of aliphatic hydroxyl groups excluding tert-OH is 8. The average molecular weight is 1140 g/mol. The zero-order valence-electron chi connectivity index (χ0n) is 49.5. The van der Waals surface area contributed by atoms with E-state index in [1.807, 2.05) is 6.08 Å². The first kappa shape index (κ1) is 73.2. The molecule has 0 radical (unpaired) electrons. The molecule has 2 heterocycles. The monoisotopic (exact) mass is 1140 g/mol. The fraction of sp³-hybridized carbons (Fsp3) is 0.657. The van der Waals surface area contributed by atoms with E-state index in [1.54, 1.807) is 6.08 Å². The molecule has 0 spiro atoms. The van der Waals surface area contributed by atoms with Gasteiger partial charge >= 0.3 is 0 Å². The van der Waals surface area contributed by atoms with E-state index in [0.717, 1.165) is 109 Å². The molecule has 2 fully saturated rings. The number of nitrogens with one attached hydrogen (secondary N) is 1. The third-order valence-electron chi connectivity index (χ3n) is 14.1. The Balaban J connectivity index is 1.63. The molecule has 12 unspecified atom stereocenters. The molecular formula is C67H109NO13. The summed E-state index contributed by atoms with van der Waals surface area (Å²) < 4.78 is 22.7. The number of allylic oxidation sites excluding steroid dienone is 21. The van der Waals surface area contributed by atoms with Crippen LogP contribution in [-0.2, 0) is 23.7 Å². The number of carbonyl (C=O) groups excluding carboxylic acids is 1. The Hall–Kier alpha value is -3.87. The van der Waals surface area contributed by atoms with Gasteiger partial charge in [0.15, 0.2) is 12.6 Å². The molecule has 460 valence electrons. The molecule has 0 aromatic rings. The van der Waals surface area contributed by atoms with Gasteiger partial charge in [-0.3, -0.25) is 4.79 Å². The van der Waals surface area contributed by atoms with Gasteiger partial charge in [0.1, 0.15) is 48.8 Å². The van der Waals surface area contributed by atoms with Crippen molar-refractivity contribution < 1.29 is 64.6 Å². The molecule has 14 heteroatoms. The summed E-state index contributed by atoms with van der Waals surface area (Å²) in [6, 6.07) is -0.942. The average Bonchev–Trinajstić information content (AvgIpc) is 3.51. The van der Waals surface area contributed by atoms with E-state index in [0.29, 0.717) is 12.8 Å². The Kier molecular flexibility index (Phi) is 45.8. The largest absolute Gasteiger partial charge is 0.394 e. The molecule has 1 amide bonds. The van der Waals surface area contributed by atoms with E-state index in [4.69, 9.17) is 18.9 Å². The number of rotatable bonds is 47. The second-order valence-electron chi connectivity index (χ2n) is 21.1. The van der Waals surface area contributed by atoms with Crippen molar-refractivity contribution in [3.8, 4) is 0 Å². The summed E-state index contributed by atoms with van der Waals surface area (Å²) in [5.74, 6) is -0.265. The first-order valence-electron chi connectivity index (χ1n) is 30.9. The predicted octanol–water partition coefficient (Wildman–Crippen LogP) is 11.2. The summed E-state index contributed by atoms with van der Waals surface area (Å²) in [6.07, 6.45) is 58.0. The number of aliphatic hydroxyl groups is 8. The van der Waals surface area contributed by atoms with Gasteiger partial charge in [-0.25, -0.2) is 0 Å². The van der Waals surface area contributed by atoms with Crippen LogP contribution in [0.3, 0.4) is 0 Å². The molecule has 2 aliphatic heterocycles. The van der Waals surface area contributed by atoms with Crippen molar-refractivity contribution in [2.24, 2.45) is 0 Å². The molecule has 0 saturated carbocycles. The van der Waals surface area contributed by atoms with Crippen LogP contribution < -0.4 is 5.32 Å². The zero-order chi connectivity index (χ0) is 58.8. The van der Waals surface area contributed by atoms with Crippen LogP contribution in [0.15, 0.2) is 134 Å². The number of ether oxygens (including phenoxy) is 4. The standard InChI is InChI=1S/C67H109NO13/c1-3-5-7-9-11-13-15-16-17-18-19-20-21-22-23-24-25-26-27-28-29-30-31-32-33-34-35-36-37-38-39-40-41-43-45-47-49-51-59(72)68-55(56(71)50-48-46-44-42-14-12-10-8-6-4-2)54-78-66-64(77)62(75)65(58(53-70)80-66)81-67-63(76)61(74)60(73)57(52-69)79-67/h5,7,11,13-14,16-17,19-20,22-23,25-26,28-29,31-32,34-35,42,48,50,55-58,60-67,69-71,73-77H,3-4,6,8-10,12,15,18,21,24,27,30,33,36-41,43-47,49,51-54H2,1-2H3,(H,68,72)/b7-5-,13-11-,17-16-,20-19-,23-22-,26-25-,29-28-,32-31-,35-34-,42-14+,50-48+. The lowest BCUT2D eigenvalue weighted by Gasteiger charge is -2.46. The van der Waals surface area contributed by atoms with Crippen molar-refractivity contribution in [1.29, 1.82) is 0 Å². The lowest BCUT2D eigenvalue weighted by molar-refractivity contribution is -0.359. The van der Waals surface area contributed by atoms with Crippen LogP contribution >= 0.6 is 0 Å². The van der Waals surface area contributed by atoms with Crippen molar-refractivity contribution >= 4 is 5.91 Å². The topological polar surface area (TPSA) is 228 Å². The van der Waals surface area contributed by atoms with Crippen LogP contribution in [0.25, 0.3) is 0 Å². The minimum atomic E-state index is -1.80. The Morgan fingerprint density at radius 2 is 0.864 bits per heavy atom. The smallest absolute Gasteiger partial charge is 0.220 e. The number of unbranched alkanes of at least 4 members (excludes halogenated alkanes) is 14. The third-order valence-corrected chi connectivity index (χ3v) is 14.1. The fourth-order valence-electron chi connectivity index (χ4n) is 9.12. The van der Waals surface area contributed by atoms with Crippen LogP contribution in [-0.4, -0.2) is 140 Å². The highest BCUT2D eigenvalue weighted by molar-refractivity contribution is 5.76. The van der Waals surface area contributed by atoms with Gasteiger partial charge in [0.25, 0.3) is 0 Å². The van der Waals surface area contributed by atoms with Crippen molar-refractivity contribution in [1.82, 2.24) is 5.32 Å². The molecule has 12 atom stereocenters. The lowest BCUT2D eigenvalue weighted by atomic mass is 9.97. The normalized spacial score (nSPS) is 25.1. The first-order valence-corrected chi connectivity index (χ1v) is 30.9. The third kappa shape index (κ3) is 35.8. The molecule has 9 N–H and O–H groups in total. The Bertz CT molecular complexity index is 1870. The van der Waals surface area contributed by atoms with Crippen molar-refractivity contribution in [2.45, 2.75) is 261 Å². The fourth-order valence-corrected chi connectivity index (χ4v) is 9.12. The van der Waals surface area contributed by atoms with Crippen LogP contribution in [0.4, 0.5) is 0 Å². The number of hydrogen-bond donors (Lipinski definition) is 9. The minimum Gasteiger partial charge on any atom is -0.394 e. The molecule has 2 rings (SSSR count). The summed E-state index contributed by atoms with van der Waals surface area (Å²) in [5, 5.41) is 86.8. The van der Waals surface area contributed by atoms with E-state index < -0.39 is 86.8 Å². The van der Waals surface area contributed by atoms with E-state index in [-0.39, 0.29) is 18.9 Å². The van der Waals surface area contributed by atoms with Gasteiger partial charge in [-0.1, -0.05) is 212 Å². The van der Waals surface area contributed by atoms with Crippen LogP contribution in [0, 0.1) is 0 Å². The molecule has 14 nitrogen and oxygen atoms in total. The summed E-state index contributed by atoms with van der Waals surface area (Å²) in [6.45, 7) is 2.59. The molecular weight excluding hydrogens is 1030 g/mol. The van der Waals surface area contributed by atoms with Crippen molar-refractivity contribution in [3.05, 3.63) is 134 Å². The summed E-state index contributed by atoms with van der Waals surface area (Å²) in [4.78, 5) is 13.2. The van der Waals surface area contributed by atoms with Crippen molar-refractivity contribution in [2.75, 3.05) is 19.8 Å².